The summed E-state index contributed by atoms with van der Waals surface area (Å²) in [5.74, 6) is -9.37. The average Bonchev–Trinajstić information content (AvgIpc) is 2.52. The van der Waals surface area contributed by atoms with Gasteiger partial charge in [0, 0.05) is 24.8 Å². The van der Waals surface area contributed by atoms with Crippen LogP contribution in [0.3, 0.4) is 0 Å². The van der Waals surface area contributed by atoms with Crippen molar-refractivity contribution in [2.24, 2.45) is 0 Å². The van der Waals surface area contributed by atoms with Crippen molar-refractivity contribution in [3.8, 4) is 0 Å². The van der Waals surface area contributed by atoms with Crippen molar-refractivity contribution in [2.45, 2.75) is 40.3 Å². The first-order valence-electron chi connectivity index (χ1n) is 6.97. The van der Waals surface area contributed by atoms with Gasteiger partial charge in [-0.1, -0.05) is 0 Å². The molecule has 0 aliphatic rings. The van der Waals surface area contributed by atoms with E-state index in [0.29, 0.717) is 0 Å². The van der Waals surface area contributed by atoms with E-state index in [0.717, 1.165) is 0 Å². The summed E-state index contributed by atoms with van der Waals surface area (Å²) in [4.78, 5) is 61.6. The molecule has 32 heavy (non-hydrogen) atoms. The molecule has 0 amide bonds. The van der Waals surface area contributed by atoms with Crippen molar-refractivity contribution in [2.75, 3.05) is 0 Å². The number of rotatable bonds is 12. The van der Waals surface area contributed by atoms with Crippen LogP contribution in [0.5, 0.6) is 0 Å². The third-order valence-corrected chi connectivity index (χ3v) is 4.81. The van der Waals surface area contributed by atoms with Crippen LogP contribution in [0.15, 0.2) is 0 Å². The minimum absolute atomic E-state index is 0. The maximum Gasteiger partial charge on any atom is 1.00 e. The molecule has 0 aliphatic heterocycles. The molecule has 19 heteroatoms. The summed E-state index contributed by atoms with van der Waals surface area (Å²) in [6.07, 6.45) is -2.08. The van der Waals surface area contributed by atoms with Crippen LogP contribution in [0.2, 0.25) is 0 Å². The zero-order valence-corrected chi connectivity index (χ0v) is 20.3. The monoisotopic (exact) mass is 486 g/mol. The predicted octanol–water partition coefficient (Wildman–Crippen LogP) is -17.6. The zero-order chi connectivity index (χ0) is 22.6. The summed E-state index contributed by atoms with van der Waals surface area (Å²) >= 11 is 7.39. The van der Waals surface area contributed by atoms with Crippen molar-refractivity contribution in [3.05, 3.63) is 0 Å². The van der Waals surface area contributed by atoms with Crippen molar-refractivity contribution in [3.63, 3.8) is 0 Å². The molecule has 2 N–H and O–H groups in total. The molecule has 0 heterocycles. The van der Waals surface area contributed by atoms with Gasteiger partial charge in [-0.25, -0.2) is 0 Å². The van der Waals surface area contributed by atoms with E-state index >= 15 is 0 Å². The van der Waals surface area contributed by atoms with Crippen molar-refractivity contribution in [1.82, 2.24) is 0 Å². The molecule has 0 fully saturated rings. The Morgan fingerprint density at radius 3 is 1.06 bits per heavy atom. The van der Waals surface area contributed by atoms with E-state index < -0.39 is 69.7 Å². The number of hydrogen-bond donors (Lipinski definition) is 4. The Morgan fingerprint density at radius 1 is 0.656 bits per heavy atom. The van der Waals surface area contributed by atoms with Crippen LogP contribution in [0, 0.1) is 0 Å². The topological polar surface area (TPSA) is 235 Å². The maximum absolute atomic E-state index is 10.5. The molecule has 4 atom stereocenters. The van der Waals surface area contributed by atoms with Crippen molar-refractivity contribution < 1.29 is 135 Å². The molecule has 0 bridgehead atoms. The number of carboxylic acid groups (broad SMARTS) is 6. The van der Waals surface area contributed by atoms with Crippen molar-refractivity contribution >= 4 is 72.8 Å². The van der Waals surface area contributed by atoms with E-state index in [1.165, 1.54) is 0 Å². The van der Waals surface area contributed by atoms with Crippen LogP contribution in [-0.2, 0) is 28.8 Å². The minimum atomic E-state index is -1.83. The van der Waals surface area contributed by atoms with E-state index in [2.05, 4.69) is 25.3 Å². The van der Waals surface area contributed by atoms with Crippen LogP contribution in [0.25, 0.3) is 0 Å². The van der Waals surface area contributed by atoms with Gasteiger partial charge < -0.3 is 49.8 Å². The van der Waals surface area contributed by atoms with Gasteiger partial charge in [-0.3, -0.25) is 9.59 Å². The van der Waals surface area contributed by atoms with Crippen LogP contribution < -0.4 is 95.9 Å². The summed E-state index contributed by atoms with van der Waals surface area (Å²) in [7, 11) is 0. The standard InChI is InChI=1S/C8H10O8S.C5H8O4S2.4Li/c9-5(10)1-3(7(13)14)17-4(8(15)16)2-6(11)12;6-4(7)2(10)1-3(11)5(8)9;;;;/h3-4H,1-2H2,(H,9,10)(H,11,12)(H,13,14)(H,15,16);2-3,10-11H,1H2,(H,6,7)(H,8,9);;;;/q;;4*+1/p-4. The second kappa shape index (κ2) is 24.4. The Morgan fingerprint density at radius 2 is 0.906 bits per heavy atom. The average molecular weight is 486 g/mol. The van der Waals surface area contributed by atoms with Gasteiger partial charge in [0.25, 0.3) is 0 Å². The second-order valence-electron chi connectivity index (χ2n) is 4.85. The summed E-state index contributed by atoms with van der Waals surface area (Å²) in [5.41, 5.74) is 0. The fraction of sp³-hybridized carbons (Fsp3) is 0.538. The zero-order valence-electron chi connectivity index (χ0n) is 17.7. The predicted molar refractivity (Wildman–Crippen MR) is 89.9 cm³/mol. The van der Waals surface area contributed by atoms with Gasteiger partial charge >= 0.3 is 87.4 Å². The molecular weight excluding hydrogens is 472 g/mol. The summed E-state index contributed by atoms with van der Waals surface area (Å²) in [6.45, 7) is 0. The van der Waals surface area contributed by atoms with E-state index in [-0.39, 0.29) is 93.6 Å². The first-order chi connectivity index (χ1) is 12.7. The number of carbonyl (C=O) groups excluding carboxylic acids is 4. The Kier molecular flexibility index (Phi) is 34.8. The fourth-order valence-corrected chi connectivity index (χ4v) is 2.96. The molecule has 0 radical (unpaired) electrons. The number of thiol groups is 2. The van der Waals surface area contributed by atoms with Gasteiger partial charge in [0.15, 0.2) is 0 Å². The van der Waals surface area contributed by atoms with Gasteiger partial charge in [0.05, 0.1) is 22.4 Å². The minimum Gasteiger partial charge on any atom is -0.550 e. The molecule has 0 aromatic carbocycles. The normalized spacial score (nSPS) is 12.6. The molecule has 0 saturated heterocycles. The number of aliphatic carboxylic acids is 6. The van der Waals surface area contributed by atoms with E-state index in [1.807, 2.05) is 0 Å². The maximum atomic E-state index is 10.5. The molecule has 0 aromatic rings. The van der Waals surface area contributed by atoms with Crippen molar-refractivity contribution in [1.29, 1.82) is 0 Å². The van der Waals surface area contributed by atoms with Gasteiger partial charge in [0.1, 0.15) is 10.5 Å². The molecule has 12 nitrogen and oxygen atoms in total. The van der Waals surface area contributed by atoms with Gasteiger partial charge in [-0.2, -0.15) is 25.3 Å². The van der Waals surface area contributed by atoms with Gasteiger partial charge in [-0.05, 0) is 6.42 Å². The van der Waals surface area contributed by atoms with Crippen LogP contribution in [0.4, 0.5) is 0 Å². The molecular formula is C13H14Li4O12S3. The van der Waals surface area contributed by atoms with E-state index in [4.69, 9.17) is 10.2 Å². The third kappa shape index (κ3) is 24.9. The number of hydrogen-bond acceptors (Lipinski definition) is 13. The molecule has 160 valence electrons. The van der Waals surface area contributed by atoms with Gasteiger partial charge in [-0.15, -0.1) is 11.8 Å². The quantitative estimate of drug-likeness (QED) is 0.148. The molecule has 0 aromatic heterocycles. The summed E-state index contributed by atoms with van der Waals surface area (Å²) in [5, 5.41) is 52.5. The third-order valence-electron chi connectivity index (χ3n) is 2.58. The van der Waals surface area contributed by atoms with Crippen LogP contribution >= 0.6 is 37.0 Å². The second-order valence-corrected chi connectivity index (χ2v) is 7.50. The molecule has 0 saturated carbocycles. The molecule has 0 aliphatic carbocycles. The van der Waals surface area contributed by atoms with E-state index in [1.54, 1.807) is 0 Å². The summed E-state index contributed by atoms with van der Waals surface area (Å²) < 4.78 is 0. The largest absolute Gasteiger partial charge is 1.00 e. The Balaban J connectivity index is -0.000000100. The molecule has 4 unspecified atom stereocenters. The van der Waals surface area contributed by atoms with Crippen LogP contribution in [0.1, 0.15) is 19.3 Å². The number of thioether (sulfide) groups is 1. The fourth-order valence-electron chi connectivity index (χ4n) is 1.29. The summed E-state index contributed by atoms with van der Waals surface area (Å²) in [6, 6.07) is 0. The molecule has 0 rings (SSSR count). The first kappa shape index (κ1) is 45.7. The van der Waals surface area contributed by atoms with E-state index in [9.17, 15) is 49.2 Å². The van der Waals surface area contributed by atoms with Crippen LogP contribution in [-0.4, -0.2) is 67.0 Å². The first-order valence-corrected chi connectivity index (χ1v) is 8.95. The number of carboxylic acids is 6. The molecule has 0 spiro atoms. The Bertz CT molecular complexity index is 575. The number of carbonyl (C=O) groups is 6. The smallest absolute Gasteiger partial charge is 0.550 e. The Hall–Kier alpha value is 0.260. The Labute approximate surface area is 245 Å². The SMILES string of the molecule is O=C(O)C(S)CC(S)C(=O)O.O=C([O-])CC(SC(CC(=O)[O-])C(=O)[O-])C(=O)[O-].[Li+].[Li+].[Li+].[Li+]. The van der Waals surface area contributed by atoms with Gasteiger partial charge in [0.2, 0.25) is 0 Å².